The molecule has 33 heavy (non-hydrogen) atoms. The van der Waals surface area contributed by atoms with E-state index in [1.165, 1.54) is 5.56 Å². The Kier molecular flexibility index (Phi) is 7.45. The number of hydrogen-bond donors (Lipinski definition) is 0. The minimum absolute atomic E-state index is 0.262. The smallest absolute Gasteiger partial charge is 0.415 e. The topological polar surface area (TPSA) is 56.6 Å². The summed E-state index contributed by atoms with van der Waals surface area (Å²) in [5.41, 5.74) is 4.50. The predicted octanol–water partition coefficient (Wildman–Crippen LogP) is 5.69. The van der Waals surface area contributed by atoms with Crippen LogP contribution in [0.4, 0.5) is 4.79 Å². The molecule has 0 radical (unpaired) electrons. The largest absolute Gasteiger partial charge is 0.415 e. The Morgan fingerprint density at radius 3 is 2.67 bits per heavy atom. The van der Waals surface area contributed by atoms with E-state index in [9.17, 15) is 4.79 Å². The second-order valence-electron chi connectivity index (χ2n) is 8.66. The maximum atomic E-state index is 12.7. The summed E-state index contributed by atoms with van der Waals surface area (Å²) in [5, 5.41) is 6.12. The molecule has 0 aliphatic heterocycles. The van der Waals surface area contributed by atoms with Gasteiger partial charge in [0.25, 0.3) is 0 Å². The molecule has 1 aromatic heterocycles. The molecular weight excluding hydrogens is 414 g/mol. The molecular formula is C27H33N3O3. The molecule has 3 aromatic rings. The highest BCUT2D eigenvalue weighted by Crippen LogP contribution is 2.30. The van der Waals surface area contributed by atoms with Gasteiger partial charge in [-0.25, -0.2) is 4.79 Å². The van der Waals surface area contributed by atoms with Crippen molar-refractivity contribution in [2.24, 2.45) is 0 Å². The van der Waals surface area contributed by atoms with Gasteiger partial charge in [0.1, 0.15) is 5.76 Å². The predicted molar refractivity (Wildman–Crippen MR) is 130 cm³/mol. The van der Waals surface area contributed by atoms with Crippen molar-refractivity contribution < 1.29 is 14.3 Å². The molecule has 0 bridgehead atoms. The molecule has 1 amide bonds. The number of nitrogens with zero attached hydrogens (tertiary/aromatic N) is 3. The number of carbonyl (C=O) groups excluding carboxylic acids is 1. The molecule has 174 valence electrons. The van der Waals surface area contributed by atoms with Gasteiger partial charge >= 0.3 is 6.09 Å². The number of allylic oxidation sites excluding steroid dienone is 2. The zero-order chi connectivity index (χ0) is 23.2. The first kappa shape index (κ1) is 23.1. The number of methoxy groups -OCH3 is 1. The summed E-state index contributed by atoms with van der Waals surface area (Å²) in [5.74, 6) is 0.628. The molecule has 1 aliphatic rings. The molecule has 1 fully saturated rings. The Labute approximate surface area is 195 Å². The monoisotopic (exact) mass is 447 g/mol. The van der Waals surface area contributed by atoms with Gasteiger partial charge in [0.2, 0.25) is 0 Å². The van der Waals surface area contributed by atoms with Crippen molar-refractivity contribution in [1.29, 1.82) is 0 Å². The van der Waals surface area contributed by atoms with E-state index in [0.29, 0.717) is 18.9 Å². The third-order valence-corrected chi connectivity index (χ3v) is 6.06. The van der Waals surface area contributed by atoms with Gasteiger partial charge in [-0.1, -0.05) is 42.5 Å². The van der Waals surface area contributed by atoms with E-state index in [4.69, 9.17) is 14.6 Å². The molecule has 0 spiro atoms. The normalized spacial score (nSPS) is 14.0. The fourth-order valence-corrected chi connectivity index (χ4v) is 4.02. The zero-order valence-corrected chi connectivity index (χ0v) is 19.8. The number of rotatable bonds is 10. The van der Waals surface area contributed by atoms with Crippen molar-refractivity contribution in [2.45, 2.75) is 58.7 Å². The van der Waals surface area contributed by atoms with Crippen molar-refractivity contribution in [3.8, 4) is 0 Å². The van der Waals surface area contributed by atoms with Crippen LogP contribution < -0.4 is 0 Å². The summed E-state index contributed by atoms with van der Waals surface area (Å²) in [6, 6.07) is 17.1. The molecule has 6 nitrogen and oxygen atoms in total. The van der Waals surface area contributed by atoms with Crippen LogP contribution in [0.3, 0.4) is 0 Å². The van der Waals surface area contributed by atoms with Crippen molar-refractivity contribution >= 4 is 17.0 Å². The molecule has 0 saturated heterocycles. The fraction of sp³-hybridized carbons (Fsp3) is 0.407. The highest BCUT2D eigenvalue weighted by atomic mass is 16.6. The van der Waals surface area contributed by atoms with Crippen molar-refractivity contribution in [1.82, 2.24) is 14.7 Å². The lowest BCUT2D eigenvalue weighted by Crippen LogP contribution is -2.32. The third-order valence-electron chi connectivity index (χ3n) is 6.06. The van der Waals surface area contributed by atoms with E-state index in [0.717, 1.165) is 54.4 Å². The van der Waals surface area contributed by atoms with Gasteiger partial charge in [0.15, 0.2) is 0 Å². The van der Waals surface area contributed by atoms with Gasteiger partial charge in [-0.15, -0.1) is 0 Å². The molecule has 2 aromatic carbocycles. The average molecular weight is 448 g/mol. The lowest BCUT2D eigenvalue weighted by atomic mass is 10.1. The zero-order valence-electron chi connectivity index (χ0n) is 19.8. The van der Waals surface area contributed by atoms with Gasteiger partial charge in [0, 0.05) is 44.7 Å². The molecule has 4 rings (SSSR count). The van der Waals surface area contributed by atoms with Crippen molar-refractivity contribution in [3.63, 3.8) is 0 Å². The Morgan fingerprint density at radius 2 is 1.97 bits per heavy atom. The van der Waals surface area contributed by atoms with E-state index in [1.54, 1.807) is 7.11 Å². The Bertz CT molecular complexity index is 1120. The molecule has 1 saturated carbocycles. The summed E-state index contributed by atoms with van der Waals surface area (Å²) in [7, 11) is 1.72. The van der Waals surface area contributed by atoms with Gasteiger partial charge < -0.3 is 14.4 Å². The average Bonchev–Trinajstić information content (AvgIpc) is 3.62. The van der Waals surface area contributed by atoms with Gasteiger partial charge in [-0.3, -0.25) is 4.68 Å². The number of carbonyl (C=O) groups is 1. The first-order chi connectivity index (χ1) is 16.1. The van der Waals surface area contributed by atoms with Gasteiger partial charge in [-0.2, -0.15) is 5.10 Å². The van der Waals surface area contributed by atoms with Crippen LogP contribution in [-0.2, 0) is 29.0 Å². The van der Waals surface area contributed by atoms with Crippen LogP contribution >= 0.6 is 0 Å². The highest BCUT2D eigenvalue weighted by molar-refractivity contribution is 5.83. The van der Waals surface area contributed by atoms with Crippen molar-refractivity contribution in [2.75, 3.05) is 13.7 Å². The quantitative estimate of drug-likeness (QED) is 0.296. The number of hydrogen-bond acceptors (Lipinski definition) is 4. The number of amides is 1. The summed E-state index contributed by atoms with van der Waals surface area (Å²) in [6.45, 7) is 5.70. The van der Waals surface area contributed by atoms with Crippen LogP contribution in [0.5, 0.6) is 0 Å². The summed E-state index contributed by atoms with van der Waals surface area (Å²) in [6.07, 6.45) is 5.28. The van der Waals surface area contributed by atoms with Crippen LogP contribution in [0.15, 0.2) is 60.4 Å². The SMILES string of the molecule is C/C=C(/C)OC(=O)N(Cc1ccc2c(Cc3ccccc3)nn(CCCOC)c2c1)C1CC1. The van der Waals surface area contributed by atoms with Crippen LogP contribution in [-0.4, -0.2) is 40.5 Å². The van der Waals surface area contributed by atoms with E-state index in [2.05, 4.69) is 47.1 Å². The number of benzene rings is 2. The number of ether oxygens (including phenoxy) is 2. The maximum absolute atomic E-state index is 12.7. The third kappa shape index (κ3) is 5.82. The van der Waals surface area contributed by atoms with Crippen LogP contribution in [0.25, 0.3) is 10.9 Å². The van der Waals surface area contributed by atoms with Crippen LogP contribution in [0.2, 0.25) is 0 Å². The summed E-state index contributed by atoms with van der Waals surface area (Å²) < 4.78 is 12.8. The summed E-state index contributed by atoms with van der Waals surface area (Å²) >= 11 is 0. The molecule has 6 heteroatoms. The molecule has 0 atom stereocenters. The van der Waals surface area contributed by atoms with E-state index in [1.807, 2.05) is 30.9 Å². The van der Waals surface area contributed by atoms with Crippen LogP contribution in [0, 0.1) is 0 Å². The second kappa shape index (κ2) is 10.7. The Balaban J connectivity index is 1.61. The van der Waals surface area contributed by atoms with Gasteiger partial charge in [0.05, 0.1) is 11.2 Å². The Hall–Kier alpha value is -3.12. The number of fused-ring (bicyclic) bond motifs is 1. The Morgan fingerprint density at radius 1 is 1.18 bits per heavy atom. The van der Waals surface area contributed by atoms with Crippen molar-refractivity contribution in [3.05, 3.63) is 77.2 Å². The molecule has 0 N–H and O–H groups in total. The number of aromatic nitrogens is 2. The number of aryl methyl sites for hydroxylation is 1. The lowest BCUT2D eigenvalue weighted by molar-refractivity contribution is 0.122. The van der Waals surface area contributed by atoms with E-state index >= 15 is 0 Å². The highest BCUT2D eigenvalue weighted by Gasteiger charge is 2.34. The van der Waals surface area contributed by atoms with E-state index < -0.39 is 0 Å². The van der Waals surface area contributed by atoms with E-state index in [-0.39, 0.29) is 12.1 Å². The standard InChI is InChI=1S/C27H33N3O3/c1-4-20(2)33-27(31)29(23-12-13-23)19-22-11-14-24-25(17-21-9-6-5-7-10-21)28-30(26(24)18-22)15-8-16-32-3/h4-7,9-11,14,18,23H,8,12-13,15-17,19H2,1-3H3/b20-4-. The molecule has 1 aliphatic carbocycles. The first-order valence-electron chi connectivity index (χ1n) is 11.7. The second-order valence-corrected chi connectivity index (χ2v) is 8.66. The molecule has 1 heterocycles. The lowest BCUT2D eigenvalue weighted by Gasteiger charge is -2.22. The minimum atomic E-state index is -0.272. The first-order valence-corrected chi connectivity index (χ1v) is 11.7. The summed E-state index contributed by atoms with van der Waals surface area (Å²) in [4.78, 5) is 14.6. The molecule has 0 unspecified atom stereocenters. The maximum Gasteiger partial charge on any atom is 0.415 e. The fourth-order valence-electron chi connectivity index (χ4n) is 4.02. The van der Waals surface area contributed by atoms with Crippen LogP contribution in [0.1, 0.15) is 49.9 Å². The van der Waals surface area contributed by atoms with Gasteiger partial charge in [-0.05, 0) is 56.4 Å². The minimum Gasteiger partial charge on any atom is -0.415 e.